The predicted molar refractivity (Wildman–Crippen MR) is 103 cm³/mol. The number of nitrogens with zero attached hydrogens (tertiary/aromatic N) is 3. The first-order valence-electron chi connectivity index (χ1n) is 9.09. The Balaban J connectivity index is 1.78. The van der Waals surface area contributed by atoms with Crippen molar-refractivity contribution in [3.63, 3.8) is 0 Å². The molecule has 1 spiro atoms. The zero-order chi connectivity index (χ0) is 20.1. The second kappa shape index (κ2) is 6.44. The summed E-state index contributed by atoms with van der Waals surface area (Å²) >= 11 is 0. The first kappa shape index (κ1) is 18.7. The molecule has 28 heavy (non-hydrogen) atoms. The van der Waals surface area contributed by atoms with Gasteiger partial charge in [-0.1, -0.05) is 18.2 Å². The molecule has 148 valence electrons. The van der Waals surface area contributed by atoms with E-state index in [-0.39, 0.29) is 24.0 Å². The van der Waals surface area contributed by atoms with Crippen LogP contribution in [0.5, 0.6) is 0 Å². The number of sulfone groups is 1. The van der Waals surface area contributed by atoms with Crippen LogP contribution >= 0.6 is 0 Å². The molecule has 1 fully saturated rings. The number of carbonyl (C=O) groups excluding carboxylic acids is 2. The van der Waals surface area contributed by atoms with Gasteiger partial charge in [0.15, 0.2) is 0 Å². The number of carbonyl (C=O) groups is 2. The van der Waals surface area contributed by atoms with Crippen molar-refractivity contribution in [2.45, 2.75) is 24.3 Å². The molecule has 2 aliphatic rings. The largest absolute Gasteiger partial charge is 0.334 e. The van der Waals surface area contributed by atoms with E-state index in [1.54, 1.807) is 22.8 Å². The van der Waals surface area contributed by atoms with Crippen LogP contribution in [-0.4, -0.2) is 53.5 Å². The van der Waals surface area contributed by atoms with E-state index >= 15 is 0 Å². The fourth-order valence-electron chi connectivity index (χ4n) is 4.42. The van der Waals surface area contributed by atoms with Gasteiger partial charge in [-0.05, 0) is 18.1 Å². The minimum Gasteiger partial charge on any atom is -0.334 e. The molecular weight excluding hydrogens is 380 g/mol. The number of nitrogens with one attached hydrogen (secondary N) is 1. The predicted octanol–water partition coefficient (Wildman–Crippen LogP) is 1.02. The van der Waals surface area contributed by atoms with E-state index in [4.69, 9.17) is 0 Å². The maximum absolute atomic E-state index is 13.2. The number of aryl methyl sites for hydroxylation is 1. The van der Waals surface area contributed by atoms with E-state index in [2.05, 4.69) is 10.4 Å². The molecule has 0 aliphatic carbocycles. The Bertz CT molecular complexity index is 1060. The van der Waals surface area contributed by atoms with Gasteiger partial charge in [-0.2, -0.15) is 5.10 Å². The van der Waals surface area contributed by atoms with E-state index in [0.717, 1.165) is 23.1 Å². The average molecular weight is 402 g/mol. The van der Waals surface area contributed by atoms with Gasteiger partial charge in [0.05, 0.1) is 18.0 Å². The van der Waals surface area contributed by atoms with E-state index in [1.165, 1.54) is 0 Å². The molecule has 2 aromatic rings. The summed E-state index contributed by atoms with van der Waals surface area (Å²) in [5.41, 5.74) is 1.49. The third kappa shape index (κ3) is 2.90. The Morgan fingerprint density at radius 3 is 2.79 bits per heavy atom. The van der Waals surface area contributed by atoms with Crippen LogP contribution in [0.1, 0.15) is 30.0 Å². The fourth-order valence-corrected chi connectivity index (χ4v) is 4.96. The number of hydrogen-bond donors (Lipinski definition) is 1. The van der Waals surface area contributed by atoms with Gasteiger partial charge < -0.3 is 10.2 Å². The zero-order valence-corrected chi connectivity index (χ0v) is 16.6. The molecule has 4 rings (SSSR count). The Hall–Kier alpha value is -2.68. The Kier molecular flexibility index (Phi) is 4.29. The minimum atomic E-state index is -3.26. The standard InChI is InChI=1S/C19H22N4O4S/c1-22-12-13(11-20-22)17-19(14-5-3-4-6-15(14)21-18(19)25)8-9-23(17)16(24)7-10-28(2,26)27/h3-6,11-12,17H,7-10H2,1-2H3,(H,21,25)/t17-,19+/m0/s1. The maximum atomic E-state index is 13.2. The van der Waals surface area contributed by atoms with Gasteiger partial charge in [-0.3, -0.25) is 14.3 Å². The number of aromatic nitrogens is 2. The molecule has 1 aromatic carbocycles. The maximum Gasteiger partial charge on any atom is 0.237 e. The normalized spacial score (nSPS) is 23.9. The lowest BCUT2D eigenvalue weighted by Crippen LogP contribution is -2.42. The third-order valence-electron chi connectivity index (χ3n) is 5.63. The quantitative estimate of drug-likeness (QED) is 0.823. The zero-order valence-electron chi connectivity index (χ0n) is 15.8. The Morgan fingerprint density at radius 2 is 2.11 bits per heavy atom. The minimum absolute atomic E-state index is 0.102. The monoisotopic (exact) mass is 402 g/mol. The highest BCUT2D eigenvalue weighted by molar-refractivity contribution is 7.90. The molecule has 1 saturated heterocycles. The van der Waals surface area contributed by atoms with Crippen LogP contribution in [0.15, 0.2) is 36.7 Å². The highest BCUT2D eigenvalue weighted by Crippen LogP contribution is 2.54. The van der Waals surface area contributed by atoms with Crippen LogP contribution < -0.4 is 5.32 Å². The molecule has 8 nitrogen and oxygen atoms in total. The van der Waals surface area contributed by atoms with Crippen molar-refractivity contribution in [1.29, 1.82) is 0 Å². The molecule has 0 unspecified atom stereocenters. The van der Waals surface area contributed by atoms with Crippen LogP contribution in [0.2, 0.25) is 0 Å². The molecule has 1 aromatic heterocycles. The van der Waals surface area contributed by atoms with Gasteiger partial charge in [0.1, 0.15) is 15.3 Å². The summed E-state index contributed by atoms with van der Waals surface area (Å²) in [6.07, 6.45) is 4.96. The number of fused-ring (bicyclic) bond motifs is 2. The third-order valence-corrected chi connectivity index (χ3v) is 6.58. The van der Waals surface area contributed by atoms with Crippen molar-refractivity contribution in [3.05, 3.63) is 47.8 Å². The molecule has 9 heteroatoms. The van der Waals surface area contributed by atoms with Gasteiger partial charge in [0.25, 0.3) is 0 Å². The molecule has 2 aliphatic heterocycles. The van der Waals surface area contributed by atoms with Crippen molar-refractivity contribution >= 4 is 27.3 Å². The second-order valence-corrected chi connectivity index (χ2v) is 9.80. The lowest BCUT2D eigenvalue weighted by atomic mass is 9.73. The summed E-state index contributed by atoms with van der Waals surface area (Å²) in [6, 6.07) is 6.99. The topological polar surface area (TPSA) is 101 Å². The molecule has 1 N–H and O–H groups in total. The van der Waals surface area contributed by atoms with E-state index < -0.39 is 21.3 Å². The van der Waals surface area contributed by atoms with E-state index in [1.807, 2.05) is 30.5 Å². The summed E-state index contributed by atoms with van der Waals surface area (Å²) < 4.78 is 24.7. The molecule has 2 amide bonds. The number of para-hydroxylation sites is 1. The highest BCUT2D eigenvalue weighted by atomic mass is 32.2. The number of rotatable bonds is 4. The fraction of sp³-hybridized carbons (Fsp3) is 0.421. The summed E-state index contributed by atoms with van der Waals surface area (Å²) in [5.74, 6) is -0.618. The van der Waals surface area contributed by atoms with Gasteiger partial charge in [0.2, 0.25) is 11.8 Å². The van der Waals surface area contributed by atoms with Crippen molar-refractivity contribution < 1.29 is 18.0 Å². The van der Waals surface area contributed by atoms with Crippen molar-refractivity contribution in [1.82, 2.24) is 14.7 Å². The summed E-state index contributed by atoms with van der Waals surface area (Å²) in [6.45, 7) is 0.379. The lowest BCUT2D eigenvalue weighted by molar-refractivity contribution is -0.133. The van der Waals surface area contributed by atoms with E-state index in [9.17, 15) is 18.0 Å². The molecule has 3 heterocycles. The summed E-state index contributed by atoms with van der Waals surface area (Å²) in [7, 11) is -1.48. The number of benzene rings is 1. The molecule has 0 radical (unpaired) electrons. The lowest BCUT2D eigenvalue weighted by Gasteiger charge is -2.33. The van der Waals surface area contributed by atoms with E-state index in [0.29, 0.717) is 13.0 Å². The van der Waals surface area contributed by atoms with Gasteiger partial charge in [0, 0.05) is 43.7 Å². The van der Waals surface area contributed by atoms with Gasteiger partial charge in [-0.25, -0.2) is 8.42 Å². The summed E-state index contributed by atoms with van der Waals surface area (Å²) in [4.78, 5) is 27.7. The van der Waals surface area contributed by atoms with Gasteiger partial charge >= 0.3 is 0 Å². The number of likely N-dealkylation sites (tertiary alicyclic amines) is 1. The molecular formula is C19H22N4O4S. The molecule has 0 saturated carbocycles. The number of amides is 2. The SMILES string of the molecule is Cn1cc([C@@H]2N(C(=O)CCS(C)(=O)=O)CC[C@]23C(=O)Nc2ccccc23)cn1. The van der Waals surface area contributed by atoms with Crippen LogP contribution in [0.25, 0.3) is 0 Å². The highest BCUT2D eigenvalue weighted by Gasteiger charge is 2.59. The molecule has 2 atom stereocenters. The Labute approximate surface area is 163 Å². The number of hydrogen-bond acceptors (Lipinski definition) is 5. The Morgan fingerprint density at radius 1 is 1.36 bits per heavy atom. The second-order valence-electron chi connectivity index (χ2n) is 7.54. The van der Waals surface area contributed by atoms with Crippen molar-refractivity contribution in [2.75, 3.05) is 23.9 Å². The van der Waals surface area contributed by atoms with Crippen LogP contribution in [0.3, 0.4) is 0 Å². The average Bonchev–Trinajstić information content (AvgIpc) is 3.30. The number of anilines is 1. The van der Waals surface area contributed by atoms with Crippen molar-refractivity contribution in [3.8, 4) is 0 Å². The van der Waals surface area contributed by atoms with Crippen LogP contribution in [0, 0.1) is 0 Å². The summed E-state index contributed by atoms with van der Waals surface area (Å²) in [5, 5.41) is 7.18. The van der Waals surface area contributed by atoms with Crippen molar-refractivity contribution in [2.24, 2.45) is 7.05 Å². The first-order valence-corrected chi connectivity index (χ1v) is 11.1. The first-order chi connectivity index (χ1) is 13.2. The van der Waals surface area contributed by atoms with Crippen LogP contribution in [-0.2, 0) is 31.9 Å². The smallest absolute Gasteiger partial charge is 0.237 e. The van der Waals surface area contributed by atoms with Gasteiger partial charge in [-0.15, -0.1) is 0 Å². The molecule has 0 bridgehead atoms. The van der Waals surface area contributed by atoms with Crippen LogP contribution in [0.4, 0.5) is 5.69 Å².